The summed E-state index contributed by atoms with van der Waals surface area (Å²) in [6.45, 7) is 5.93. The minimum atomic E-state index is -4.05. The zero-order valence-electron chi connectivity index (χ0n) is 8.02. The summed E-state index contributed by atoms with van der Waals surface area (Å²) >= 11 is 0. The lowest BCUT2D eigenvalue weighted by Crippen LogP contribution is -3.12. The number of quaternary nitrogens is 1. The van der Waals surface area contributed by atoms with Crippen LogP contribution >= 0.6 is 0 Å². The van der Waals surface area contributed by atoms with Crippen molar-refractivity contribution in [2.24, 2.45) is 0 Å². The van der Waals surface area contributed by atoms with Crippen LogP contribution in [0.5, 0.6) is 0 Å². The number of rotatable bonds is 6. The fourth-order valence-corrected chi connectivity index (χ4v) is 1.78. The predicted octanol–water partition coefficient (Wildman–Crippen LogP) is -1.84. The molecule has 0 heterocycles. The van der Waals surface area contributed by atoms with Crippen molar-refractivity contribution in [2.45, 2.75) is 20.0 Å². The Kier molecular flexibility index (Phi) is 5.46. The molecule has 0 aromatic rings. The van der Waals surface area contributed by atoms with Gasteiger partial charge in [-0.15, -0.1) is 0 Å². The van der Waals surface area contributed by atoms with Crippen molar-refractivity contribution in [3.05, 3.63) is 0 Å². The highest BCUT2D eigenvalue weighted by molar-refractivity contribution is 7.85. The van der Waals surface area contributed by atoms with E-state index in [0.717, 1.165) is 18.0 Å². The van der Waals surface area contributed by atoms with E-state index in [0.29, 0.717) is 6.54 Å². The molecule has 0 radical (unpaired) electrons. The Balaban J connectivity index is 3.93. The Morgan fingerprint density at radius 2 is 1.77 bits per heavy atom. The van der Waals surface area contributed by atoms with Crippen molar-refractivity contribution in [1.82, 2.24) is 0 Å². The summed E-state index contributed by atoms with van der Waals surface area (Å²) in [7, 11) is -4.05. The van der Waals surface area contributed by atoms with E-state index in [-0.39, 0.29) is 0 Å². The van der Waals surface area contributed by atoms with E-state index in [1.54, 1.807) is 0 Å². The Labute approximate surface area is 79.1 Å². The lowest BCUT2D eigenvalue weighted by molar-refractivity contribution is -0.899. The van der Waals surface area contributed by atoms with Gasteiger partial charge < -0.3 is 10.0 Å². The third-order valence-electron chi connectivity index (χ3n) is 1.93. The average molecular weight is 212 g/mol. The van der Waals surface area contributed by atoms with E-state index in [1.807, 2.05) is 13.8 Å². The van der Waals surface area contributed by atoms with Gasteiger partial charge >= 0.3 is 0 Å². The number of hydrogen-bond donors (Lipinski definition) is 3. The molecule has 6 heteroatoms. The largest absolute Gasteiger partial charge is 0.386 e. The van der Waals surface area contributed by atoms with E-state index in [1.165, 1.54) is 0 Å². The lowest BCUT2D eigenvalue weighted by Gasteiger charge is -2.18. The van der Waals surface area contributed by atoms with Gasteiger partial charge in [-0.05, 0) is 13.8 Å². The monoisotopic (exact) mass is 212 g/mol. The van der Waals surface area contributed by atoms with Gasteiger partial charge in [0, 0.05) is 0 Å². The maximum atomic E-state index is 10.4. The van der Waals surface area contributed by atoms with Crippen LogP contribution in [-0.2, 0) is 10.1 Å². The van der Waals surface area contributed by atoms with Crippen molar-refractivity contribution in [2.75, 3.05) is 25.4 Å². The third-order valence-corrected chi connectivity index (χ3v) is 2.73. The second-order valence-corrected chi connectivity index (χ2v) is 4.56. The van der Waals surface area contributed by atoms with Crippen molar-refractivity contribution in [1.29, 1.82) is 0 Å². The van der Waals surface area contributed by atoms with Crippen LogP contribution in [0, 0.1) is 0 Å². The van der Waals surface area contributed by atoms with Crippen LogP contribution in [0.2, 0.25) is 0 Å². The topological polar surface area (TPSA) is 79.0 Å². The maximum Gasteiger partial charge on any atom is 0.267 e. The van der Waals surface area contributed by atoms with Gasteiger partial charge in [-0.2, -0.15) is 8.42 Å². The smallest absolute Gasteiger partial charge is 0.267 e. The summed E-state index contributed by atoms with van der Waals surface area (Å²) in [5, 5.41) is 9.26. The van der Waals surface area contributed by atoms with E-state index in [9.17, 15) is 13.5 Å². The van der Waals surface area contributed by atoms with Crippen LogP contribution in [0.1, 0.15) is 13.8 Å². The van der Waals surface area contributed by atoms with Gasteiger partial charge in [0.2, 0.25) is 0 Å². The molecular weight excluding hydrogens is 194 g/mol. The molecule has 0 aliphatic rings. The first-order valence-corrected chi connectivity index (χ1v) is 5.96. The highest BCUT2D eigenvalue weighted by Crippen LogP contribution is 1.87. The quantitative estimate of drug-likeness (QED) is 0.452. The highest BCUT2D eigenvalue weighted by Gasteiger charge is 2.18. The first-order valence-electron chi connectivity index (χ1n) is 4.35. The van der Waals surface area contributed by atoms with Crippen LogP contribution < -0.4 is 4.90 Å². The van der Waals surface area contributed by atoms with Gasteiger partial charge in [-0.25, -0.2) is 0 Å². The molecule has 0 aliphatic carbocycles. The lowest BCUT2D eigenvalue weighted by atomic mass is 10.3. The Morgan fingerprint density at radius 1 is 1.31 bits per heavy atom. The van der Waals surface area contributed by atoms with E-state index < -0.39 is 22.0 Å². The highest BCUT2D eigenvalue weighted by atomic mass is 32.2. The molecule has 0 saturated carbocycles. The second kappa shape index (κ2) is 5.54. The van der Waals surface area contributed by atoms with Gasteiger partial charge in [0.1, 0.15) is 18.4 Å². The molecule has 0 bridgehead atoms. The molecule has 0 aromatic carbocycles. The average Bonchev–Trinajstić information content (AvgIpc) is 1.96. The van der Waals surface area contributed by atoms with Crippen molar-refractivity contribution < 1.29 is 23.0 Å². The normalized spacial score (nSPS) is 14.8. The van der Waals surface area contributed by atoms with E-state index in [2.05, 4.69) is 0 Å². The SMILES string of the molecule is CC[NH+](CC)CC(O)CS(=O)(=O)O. The molecule has 0 aliphatic heterocycles. The standard InChI is InChI=1S/C7H17NO4S/c1-3-8(4-2)5-7(9)6-13(10,11)12/h7,9H,3-6H2,1-2H3,(H,10,11,12)/p+1. The molecule has 0 aromatic heterocycles. The summed E-state index contributed by atoms with van der Waals surface area (Å²) in [4.78, 5) is 1.11. The van der Waals surface area contributed by atoms with Gasteiger partial charge in [-0.3, -0.25) is 4.55 Å². The molecule has 0 rings (SSSR count). The summed E-state index contributed by atoms with van der Waals surface area (Å²) in [5.41, 5.74) is 0. The van der Waals surface area contributed by atoms with Crippen LogP contribution in [0.4, 0.5) is 0 Å². The summed E-state index contributed by atoms with van der Waals surface area (Å²) in [5.74, 6) is -0.573. The number of aliphatic hydroxyl groups is 1. The molecule has 1 atom stereocenters. The van der Waals surface area contributed by atoms with Gasteiger partial charge in [0.15, 0.2) is 0 Å². The Morgan fingerprint density at radius 3 is 2.08 bits per heavy atom. The predicted molar refractivity (Wildman–Crippen MR) is 49.3 cm³/mol. The Hall–Kier alpha value is -0.170. The van der Waals surface area contributed by atoms with Crippen LogP contribution in [-0.4, -0.2) is 49.6 Å². The van der Waals surface area contributed by atoms with E-state index in [4.69, 9.17) is 4.55 Å². The van der Waals surface area contributed by atoms with Crippen molar-refractivity contribution in [3.8, 4) is 0 Å². The molecule has 0 amide bonds. The second-order valence-electron chi connectivity index (χ2n) is 3.06. The van der Waals surface area contributed by atoms with Crippen molar-refractivity contribution >= 4 is 10.1 Å². The first kappa shape index (κ1) is 12.8. The van der Waals surface area contributed by atoms with Gasteiger partial charge in [-0.1, -0.05) is 0 Å². The minimum Gasteiger partial charge on any atom is -0.386 e. The molecule has 5 nitrogen and oxygen atoms in total. The summed E-state index contributed by atoms with van der Waals surface area (Å²) in [6, 6.07) is 0. The number of hydrogen-bond acceptors (Lipinski definition) is 3. The van der Waals surface area contributed by atoms with Crippen LogP contribution in [0.3, 0.4) is 0 Å². The fraction of sp³-hybridized carbons (Fsp3) is 1.00. The molecule has 0 fully saturated rings. The van der Waals surface area contributed by atoms with E-state index >= 15 is 0 Å². The van der Waals surface area contributed by atoms with Crippen LogP contribution in [0.15, 0.2) is 0 Å². The molecule has 80 valence electrons. The molecule has 3 N–H and O–H groups in total. The maximum absolute atomic E-state index is 10.4. The fourth-order valence-electron chi connectivity index (χ4n) is 1.17. The van der Waals surface area contributed by atoms with Crippen LogP contribution in [0.25, 0.3) is 0 Å². The summed E-state index contributed by atoms with van der Waals surface area (Å²) < 4.78 is 29.2. The number of aliphatic hydroxyl groups excluding tert-OH is 1. The van der Waals surface area contributed by atoms with Gasteiger partial charge in [0.05, 0.1) is 13.1 Å². The Bertz CT molecular complexity index is 223. The molecule has 13 heavy (non-hydrogen) atoms. The first-order chi connectivity index (χ1) is 5.89. The zero-order valence-corrected chi connectivity index (χ0v) is 8.84. The number of likely N-dealkylation sites (N-methyl/N-ethyl adjacent to an activating group) is 1. The molecule has 1 unspecified atom stereocenters. The molecule has 0 spiro atoms. The zero-order chi connectivity index (χ0) is 10.5. The third kappa shape index (κ3) is 6.94. The summed E-state index contributed by atoms with van der Waals surface area (Å²) in [6.07, 6.45) is -0.982. The number of nitrogens with one attached hydrogen (secondary N) is 1. The van der Waals surface area contributed by atoms with Crippen molar-refractivity contribution in [3.63, 3.8) is 0 Å². The minimum absolute atomic E-state index is 0.354. The molecule has 0 saturated heterocycles. The van der Waals surface area contributed by atoms with Gasteiger partial charge in [0.25, 0.3) is 10.1 Å². The molecular formula is C7H18NO4S+.